The number of aryl methyl sites for hydroxylation is 1. The van der Waals surface area contributed by atoms with E-state index in [2.05, 4.69) is 20.2 Å². The lowest BCUT2D eigenvalue weighted by atomic mass is 10.0. The Kier molecular flexibility index (Phi) is 6.01. The summed E-state index contributed by atoms with van der Waals surface area (Å²) in [5.41, 5.74) is 0.932. The molecule has 6 nitrogen and oxygen atoms in total. The molecule has 0 atom stereocenters. The molecule has 0 bridgehead atoms. The molecule has 132 valence electrons. The number of rotatable bonds is 6. The zero-order chi connectivity index (χ0) is 16.8. The van der Waals surface area contributed by atoms with E-state index in [1.807, 2.05) is 13.0 Å². The summed E-state index contributed by atoms with van der Waals surface area (Å²) in [5, 5.41) is 2.97. The highest BCUT2D eigenvalue weighted by Gasteiger charge is 2.17. The highest BCUT2D eigenvalue weighted by atomic mass is 16.5. The molecule has 1 N–H and O–H groups in total. The van der Waals surface area contributed by atoms with Crippen molar-refractivity contribution in [1.82, 2.24) is 15.3 Å². The van der Waals surface area contributed by atoms with Gasteiger partial charge in [-0.05, 0) is 19.3 Å². The molecule has 0 spiro atoms. The maximum Gasteiger partial charge on any atom is 0.220 e. The van der Waals surface area contributed by atoms with Crippen molar-refractivity contribution in [3.63, 3.8) is 0 Å². The molecule has 24 heavy (non-hydrogen) atoms. The Labute approximate surface area is 144 Å². The summed E-state index contributed by atoms with van der Waals surface area (Å²) in [6.45, 7) is 5.54. The van der Waals surface area contributed by atoms with E-state index in [-0.39, 0.29) is 5.91 Å². The van der Waals surface area contributed by atoms with Gasteiger partial charge in [0, 0.05) is 31.3 Å². The summed E-state index contributed by atoms with van der Waals surface area (Å²) in [7, 11) is 0. The van der Waals surface area contributed by atoms with Gasteiger partial charge in [0.05, 0.1) is 19.8 Å². The molecule has 1 saturated heterocycles. The molecule has 1 aliphatic heterocycles. The molecule has 0 unspecified atom stereocenters. The normalized spacial score (nSPS) is 18.8. The second kappa shape index (κ2) is 8.42. The van der Waals surface area contributed by atoms with Crippen LogP contribution >= 0.6 is 0 Å². The van der Waals surface area contributed by atoms with Gasteiger partial charge in [-0.25, -0.2) is 9.97 Å². The van der Waals surface area contributed by atoms with Crippen LogP contribution in [0.25, 0.3) is 0 Å². The Balaban J connectivity index is 1.50. The predicted octanol–water partition coefficient (Wildman–Crippen LogP) is 2.21. The Morgan fingerprint density at radius 2 is 2.04 bits per heavy atom. The van der Waals surface area contributed by atoms with Gasteiger partial charge in [-0.15, -0.1) is 0 Å². The monoisotopic (exact) mass is 332 g/mol. The fourth-order valence-corrected chi connectivity index (χ4v) is 3.55. The van der Waals surface area contributed by atoms with Crippen molar-refractivity contribution in [2.75, 3.05) is 31.2 Å². The molecule has 2 heterocycles. The molecular formula is C18H28N4O2. The lowest BCUT2D eigenvalue weighted by Gasteiger charge is -2.28. The first-order valence-electron chi connectivity index (χ1n) is 9.14. The highest BCUT2D eigenvalue weighted by Crippen LogP contribution is 2.28. The Bertz CT molecular complexity index is 552. The number of hydrogen-bond acceptors (Lipinski definition) is 5. The number of morpholine rings is 1. The van der Waals surface area contributed by atoms with Crippen molar-refractivity contribution in [3.05, 3.63) is 17.6 Å². The number of carbonyl (C=O) groups excluding carboxylic acids is 1. The third-order valence-corrected chi connectivity index (χ3v) is 4.92. The third kappa shape index (κ3) is 4.90. The summed E-state index contributed by atoms with van der Waals surface area (Å²) in [5.74, 6) is 2.48. The number of carbonyl (C=O) groups is 1. The second-order valence-electron chi connectivity index (χ2n) is 6.85. The van der Waals surface area contributed by atoms with Gasteiger partial charge in [0.25, 0.3) is 0 Å². The largest absolute Gasteiger partial charge is 0.378 e. The first kappa shape index (κ1) is 17.1. The quantitative estimate of drug-likeness (QED) is 0.865. The van der Waals surface area contributed by atoms with Crippen molar-refractivity contribution < 1.29 is 9.53 Å². The van der Waals surface area contributed by atoms with Gasteiger partial charge in [0.2, 0.25) is 5.91 Å². The number of amides is 1. The van der Waals surface area contributed by atoms with Crippen LogP contribution in [0.5, 0.6) is 0 Å². The first-order valence-corrected chi connectivity index (χ1v) is 9.14. The fourth-order valence-electron chi connectivity index (χ4n) is 3.55. The number of anilines is 1. The van der Waals surface area contributed by atoms with Crippen LogP contribution in [0.3, 0.4) is 0 Å². The van der Waals surface area contributed by atoms with Gasteiger partial charge in [0.15, 0.2) is 0 Å². The topological polar surface area (TPSA) is 67.3 Å². The van der Waals surface area contributed by atoms with Crippen molar-refractivity contribution in [1.29, 1.82) is 0 Å². The van der Waals surface area contributed by atoms with Crippen LogP contribution in [-0.4, -0.2) is 42.2 Å². The summed E-state index contributed by atoms with van der Waals surface area (Å²) < 4.78 is 5.39. The summed E-state index contributed by atoms with van der Waals surface area (Å²) in [6, 6.07) is 2.00. The van der Waals surface area contributed by atoms with Gasteiger partial charge < -0.3 is 15.0 Å². The van der Waals surface area contributed by atoms with Crippen molar-refractivity contribution >= 4 is 11.7 Å². The van der Waals surface area contributed by atoms with Crippen LogP contribution in [0.15, 0.2) is 6.07 Å². The Morgan fingerprint density at radius 1 is 1.29 bits per heavy atom. The molecule has 2 fully saturated rings. The van der Waals surface area contributed by atoms with E-state index in [0.717, 1.165) is 50.2 Å². The number of nitrogens with zero attached hydrogens (tertiary/aromatic N) is 3. The van der Waals surface area contributed by atoms with Crippen molar-refractivity contribution in [2.45, 2.75) is 52.0 Å². The Hall–Kier alpha value is -1.69. The van der Waals surface area contributed by atoms with E-state index in [1.54, 1.807) is 0 Å². The summed E-state index contributed by atoms with van der Waals surface area (Å²) in [6.07, 6.45) is 6.86. The van der Waals surface area contributed by atoms with Gasteiger partial charge in [-0.2, -0.15) is 0 Å². The van der Waals surface area contributed by atoms with E-state index in [9.17, 15) is 4.79 Å². The number of aromatic nitrogens is 2. The van der Waals surface area contributed by atoms with Crippen LogP contribution < -0.4 is 10.2 Å². The van der Waals surface area contributed by atoms with E-state index in [1.165, 1.54) is 25.7 Å². The fraction of sp³-hybridized carbons (Fsp3) is 0.722. The summed E-state index contributed by atoms with van der Waals surface area (Å²) in [4.78, 5) is 23.3. The third-order valence-electron chi connectivity index (χ3n) is 4.92. The zero-order valence-corrected chi connectivity index (χ0v) is 14.6. The zero-order valence-electron chi connectivity index (χ0n) is 14.6. The molecular weight excluding hydrogens is 304 g/mol. The van der Waals surface area contributed by atoms with E-state index in [4.69, 9.17) is 4.74 Å². The molecule has 1 saturated carbocycles. The van der Waals surface area contributed by atoms with Crippen LogP contribution in [0.1, 0.15) is 50.0 Å². The standard InChI is InChI=1S/C18H28N4O2/c1-14-12-17(22-8-10-24-11-9-22)21-16(20-14)13-19-18(23)7-6-15-4-2-3-5-15/h12,15H,2-11,13H2,1H3,(H,19,23). The van der Waals surface area contributed by atoms with Gasteiger partial charge in [-0.1, -0.05) is 25.7 Å². The van der Waals surface area contributed by atoms with Crippen LogP contribution in [-0.2, 0) is 16.1 Å². The minimum atomic E-state index is 0.111. The van der Waals surface area contributed by atoms with E-state index in [0.29, 0.717) is 18.8 Å². The van der Waals surface area contributed by atoms with Crippen LogP contribution in [0.4, 0.5) is 5.82 Å². The first-order chi connectivity index (χ1) is 11.7. The van der Waals surface area contributed by atoms with Gasteiger partial charge in [-0.3, -0.25) is 4.79 Å². The van der Waals surface area contributed by atoms with E-state index < -0.39 is 0 Å². The molecule has 1 aliphatic carbocycles. The highest BCUT2D eigenvalue weighted by molar-refractivity contribution is 5.75. The van der Waals surface area contributed by atoms with Crippen LogP contribution in [0, 0.1) is 12.8 Å². The van der Waals surface area contributed by atoms with Crippen LogP contribution in [0.2, 0.25) is 0 Å². The Morgan fingerprint density at radius 3 is 2.79 bits per heavy atom. The predicted molar refractivity (Wildman–Crippen MR) is 92.8 cm³/mol. The second-order valence-corrected chi connectivity index (χ2v) is 6.85. The minimum absolute atomic E-state index is 0.111. The number of hydrogen-bond donors (Lipinski definition) is 1. The molecule has 0 aromatic carbocycles. The summed E-state index contributed by atoms with van der Waals surface area (Å²) >= 11 is 0. The lowest BCUT2D eigenvalue weighted by molar-refractivity contribution is -0.121. The minimum Gasteiger partial charge on any atom is -0.378 e. The number of ether oxygens (including phenoxy) is 1. The lowest BCUT2D eigenvalue weighted by Crippen LogP contribution is -2.37. The molecule has 0 radical (unpaired) electrons. The smallest absolute Gasteiger partial charge is 0.220 e. The average molecular weight is 332 g/mol. The molecule has 1 aromatic rings. The molecule has 1 amide bonds. The van der Waals surface area contributed by atoms with E-state index >= 15 is 0 Å². The molecule has 1 aromatic heterocycles. The maximum absolute atomic E-state index is 12.1. The molecule has 3 rings (SSSR count). The van der Waals surface area contributed by atoms with Gasteiger partial charge in [0.1, 0.15) is 11.6 Å². The van der Waals surface area contributed by atoms with Crippen molar-refractivity contribution in [2.24, 2.45) is 5.92 Å². The molecule has 2 aliphatic rings. The number of nitrogens with one attached hydrogen (secondary N) is 1. The average Bonchev–Trinajstić information content (AvgIpc) is 3.12. The SMILES string of the molecule is Cc1cc(N2CCOCC2)nc(CNC(=O)CCC2CCCC2)n1. The van der Waals surface area contributed by atoms with Gasteiger partial charge >= 0.3 is 0 Å². The van der Waals surface area contributed by atoms with Crippen molar-refractivity contribution in [3.8, 4) is 0 Å². The molecule has 6 heteroatoms. The maximum atomic E-state index is 12.1.